The monoisotopic (exact) mass is 551 g/mol. The molecule has 3 aromatic rings. The van der Waals surface area contributed by atoms with Gasteiger partial charge in [0, 0.05) is 42.7 Å². The number of carbonyl (C=O) groups is 3. The van der Waals surface area contributed by atoms with Gasteiger partial charge < -0.3 is 15.1 Å². The lowest BCUT2D eigenvalue weighted by molar-refractivity contribution is -0.135. The van der Waals surface area contributed by atoms with Crippen LogP contribution >= 0.6 is 23.2 Å². The van der Waals surface area contributed by atoms with Gasteiger partial charge in [0.25, 0.3) is 11.8 Å². The van der Waals surface area contributed by atoms with Crippen LogP contribution in [0.15, 0.2) is 72.8 Å². The normalized spacial score (nSPS) is 16.2. The van der Waals surface area contributed by atoms with E-state index in [0.29, 0.717) is 47.2 Å². The summed E-state index contributed by atoms with van der Waals surface area (Å²) in [4.78, 5) is 43.4. The molecular weight excluding hydrogens is 521 g/mol. The van der Waals surface area contributed by atoms with Crippen LogP contribution in [-0.2, 0) is 17.6 Å². The van der Waals surface area contributed by atoms with E-state index in [1.165, 1.54) is 0 Å². The minimum absolute atomic E-state index is 0.171. The average molecular weight is 553 g/mol. The second kappa shape index (κ2) is 12.5. The van der Waals surface area contributed by atoms with Gasteiger partial charge in [0.15, 0.2) is 0 Å². The summed E-state index contributed by atoms with van der Waals surface area (Å²) in [6, 6.07) is 20.9. The molecule has 1 fully saturated rings. The Hall–Kier alpha value is -3.35. The fourth-order valence-electron chi connectivity index (χ4n) is 4.68. The largest absolute Gasteiger partial charge is 0.340 e. The zero-order chi connectivity index (χ0) is 27.2. The lowest BCUT2D eigenvalue weighted by Gasteiger charge is -2.41. The first-order valence-corrected chi connectivity index (χ1v) is 13.5. The van der Waals surface area contributed by atoms with Gasteiger partial charge in [-0.3, -0.25) is 14.4 Å². The van der Waals surface area contributed by atoms with Gasteiger partial charge in [-0.05, 0) is 54.8 Å². The maximum absolute atomic E-state index is 13.7. The third kappa shape index (κ3) is 6.55. The Morgan fingerprint density at radius 3 is 2.29 bits per heavy atom. The van der Waals surface area contributed by atoms with Gasteiger partial charge >= 0.3 is 0 Å². The minimum Gasteiger partial charge on any atom is -0.340 e. The van der Waals surface area contributed by atoms with Crippen LogP contribution in [0.2, 0.25) is 10.0 Å². The number of aryl methyl sites for hydroxylation is 1. The minimum atomic E-state index is -0.740. The second-order valence-electron chi connectivity index (χ2n) is 9.52. The topological polar surface area (TPSA) is 69.7 Å². The fraction of sp³-hybridized carbons (Fsp3) is 0.300. The standard InChI is InChI=1S/C30H31Cl2N3O3/c1-3-21-9-11-23(12-10-21)28(36)33-27(17-22-7-5-4-6-8-22)30(38)34-15-16-35(20(2)19-34)29(37)25-14-13-24(31)18-26(25)32/h4-14,18,20,27H,3,15-17,19H2,1-2H3,(H,33,36)/t20-,27+/m1/s1. The first-order valence-electron chi connectivity index (χ1n) is 12.7. The highest BCUT2D eigenvalue weighted by atomic mass is 35.5. The third-order valence-corrected chi connectivity index (χ3v) is 7.42. The molecule has 38 heavy (non-hydrogen) atoms. The van der Waals surface area contributed by atoms with Crippen LogP contribution in [-0.4, -0.2) is 59.2 Å². The molecule has 3 aromatic carbocycles. The molecule has 0 radical (unpaired) electrons. The number of piperazine rings is 1. The summed E-state index contributed by atoms with van der Waals surface area (Å²) in [5, 5.41) is 3.72. The number of nitrogens with zero attached hydrogens (tertiary/aromatic N) is 2. The van der Waals surface area contributed by atoms with Crippen LogP contribution in [0.4, 0.5) is 0 Å². The van der Waals surface area contributed by atoms with Crippen LogP contribution in [0.3, 0.4) is 0 Å². The van der Waals surface area contributed by atoms with E-state index in [9.17, 15) is 14.4 Å². The zero-order valence-electron chi connectivity index (χ0n) is 21.5. The van der Waals surface area contributed by atoms with E-state index in [4.69, 9.17) is 23.2 Å². The van der Waals surface area contributed by atoms with Crippen LogP contribution in [0, 0.1) is 0 Å². The summed E-state index contributed by atoms with van der Waals surface area (Å²) in [6.45, 7) is 5.02. The van der Waals surface area contributed by atoms with E-state index in [2.05, 4.69) is 12.2 Å². The van der Waals surface area contributed by atoms with Crippen molar-refractivity contribution in [2.75, 3.05) is 19.6 Å². The Morgan fingerprint density at radius 2 is 1.66 bits per heavy atom. The smallest absolute Gasteiger partial charge is 0.255 e. The van der Waals surface area contributed by atoms with E-state index in [0.717, 1.165) is 17.5 Å². The quantitative estimate of drug-likeness (QED) is 0.434. The number of halogens is 2. The number of hydrogen-bond acceptors (Lipinski definition) is 3. The van der Waals surface area contributed by atoms with Crippen molar-refractivity contribution in [1.82, 2.24) is 15.1 Å². The van der Waals surface area contributed by atoms with Gasteiger partial charge in [-0.25, -0.2) is 0 Å². The SMILES string of the molecule is CCc1ccc(C(=O)N[C@@H](Cc2ccccc2)C(=O)N2CCN(C(=O)c3ccc(Cl)cc3Cl)[C@H](C)C2)cc1. The van der Waals surface area contributed by atoms with Gasteiger partial charge in [0.05, 0.1) is 10.6 Å². The molecule has 8 heteroatoms. The summed E-state index contributed by atoms with van der Waals surface area (Å²) >= 11 is 12.3. The summed E-state index contributed by atoms with van der Waals surface area (Å²) < 4.78 is 0. The molecular formula is C30H31Cl2N3O3. The number of amides is 3. The maximum atomic E-state index is 13.7. The Morgan fingerprint density at radius 1 is 0.947 bits per heavy atom. The maximum Gasteiger partial charge on any atom is 0.255 e. The first-order chi connectivity index (χ1) is 18.3. The molecule has 1 N–H and O–H groups in total. The van der Waals surface area contributed by atoms with Crippen LogP contribution in [0.5, 0.6) is 0 Å². The number of benzene rings is 3. The zero-order valence-corrected chi connectivity index (χ0v) is 23.0. The van der Waals surface area contributed by atoms with Gasteiger partial charge in [-0.15, -0.1) is 0 Å². The molecule has 1 aliphatic heterocycles. The summed E-state index contributed by atoms with van der Waals surface area (Å²) in [7, 11) is 0. The number of rotatable bonds is 7. The van der Waals surface area contributed by atoms with Crippen molar-refractivity contribution in [3.63, 3.8) is 0 Å². The highest BCUT2D eigenvalue weighted by Gasteiger charge is 2.34. The average Bonchev–Trinajstić information content (AvgIpc) is 2.92. The predicted molar refractivity (Wildman–Crippen MR) is 151 cm³/mol. The highest BCUT2D eigenvalue weighted by molar-refractivity contribution is 6.36. The Labute approximate surface area is 233 Å². The van der Waals surface area contributed by atoms with E-state index in [1.54, 1.807) is 40.1 Å². The van der Waals surface area contributed by atoms with Crippen molar-refractivity contribution in [2.45, 2.75) is 38.8 Å². The molecule has 0 bridgehead atoms. The van der Waals surface area contributed by atoms with Gasteiger partial charge in [0.1, 0.15) is 6.04 Å². The van der Waals surface area contributed by atoms with Crippen LogP contribution < -0.4 is 5.32 Å². The van der Waals surface area contributed by atoms with Gasteiger partial charge in [-0.1, -0.05) is 72.6 Å². The molecule has 6 nitrogen and oxygen atoms in total. The van der Waals surface area contributed by atoms with Gasteiger partial charge in [-0.2, -0.15) is 0 Å². The summed E-state index contributed by atoms with van der Waals surface area (Å²) in [6.07, 6.45) is 1.25. The van der Waals surface area contributed by atoms with Crippen molar-refractivity contribution in [3.05, 3.63) is 105 Å². The Bertz CT molecular complexity index is 1300. The molecule has 0 aliphatic carbocycles. The highest BCUT2D eigenvalue weighted by Crippen LogP contribution is 2.24. The lowest BCUT2D eigenvalue weighted by Crippen LogP contribution is -2.59. The van der Waals surface area contributed by atoms with Crippen molar-refractivity contribution in [2.24, 2.45) is 0 Å². The van der Waals surface area contributed by atoms with Crippen LogP contribution in [0.25, 0.3) is 0 Å². The number of hydrogen-bond donors (Lipinski definition) is 1. The van der Waals surface area contributed by atoms with E-state index in [-0.39, 0.29) is 23.8 Å². The molecule has 0 unspecified atom stereocenters. The van der Waals surface area contributed by atoms with Crippen LogP contribution in [0.1, 0.15) is 45.7 Å². The summed E-state index contributed by atoms with van der Waals surface area (Å²) in [5.74, 6) is -0.659. The molecule has 1 heterocycles. The van der Waals surface area contributed by atoms with Crippen molar-refractivity contribution in [1.29, 1.82) is 0 Å². The Kier molecular flexibility index (Phi) is 9.08. The fourth-order valence-corrected chi connectivity index (χ4v) is 5.17. The second-order valence-corrected chi connectivity index (χ2v) is 10.4. The molecule has 198 valence electrons. The van der Waals surface area contributed by atoms with Crippen molar-refractivity contribution >= 4 is 40.9 Å². The Balaban J connectivity index is 1.48. The first kappa shape index (κ1) is 27.7. The molecule has 0 aromatic heterocycles. The van der Waals surface area contributed by atoms with E-state index >= 15 is 0 Å². The molecule has 0 saturated carbocycles. The molecule has 1 saturated heterocycles. The van der Waals surface area contributed by atoms with E-state index < -0.39 is 6.04 Å². The predicted octanol–water partition coefficient (Wildman–Crippen LogP) is 5.27. The molecule has 3 amide bonds. The van der Waals surface area contributed by atoms with Gasteiger partial charge in [0.2, 0.25) is 5.91 Å². The molecule has 4 rings (SSSR count). The number of carbonyl (C=O) groups excluding carboxylic acids is 3. The van der Waals surface area contributed by atoms with Crippen molar-refractivity contribution in [3.8, 4) is 0 Å². The van der Waals surface area contributed by atoms with E-state index in [1.807, 2.05) is 49.4 Å². The summed E-state index contributed by atoms with van der Waals surface area (Å²) in [5.41, 5.74) is 2.98. The lowest BCUT2D eigenvalue weighted by atomic mass is 10.0. The molecule has 2 atom stereocenters. The number of nitrogens with one attached hydrogen (secondary N) is 1. The molecule has 1 aliphatic rings. The molecule has 0 spiro atoms. The van der Waals surface area contributed by atoms with Crippen molar-refractivity contribution < 1.29 is 14.4 Å². The third-order valence-electron chi connectivity index (χ3n) is 6.87.